The van der Waals surface area contributed by atoms with Crippen LogP contribution in [0.5, 0.6) is 0 Å². The normalized spacial score (nSPS) is 21.6. The molecule has 1 aliphatic heterocycles. The molecule has 0 spiro atoms. The molecule has 2 aliphatic rings. The fraction of sp³-hybridized carbons (Fsp3) is 0.923. The fourth-order valence-electron chi connectivity index (χ4n) is 2.81. The standard InChI is InChI=1S/C13H25N3O4S/c1-21(19,20)16-7-5-14(6-8-16)13(18)11-15(9-10-17)12-3-2-4-12/h12,17H,2-11H2,1H3. The zero-order valence-electron chi connectivity index (χ0n) is 12.6. The van der Waals surface area contributed by atoms with E-state index in [-0.39, 0.29) is 12.5 Å². The molecule has 122 valence electrons. The third kappa shape index (κ3) is 4.38. The van der Waals surface area contributed by atoms with E-state index in [2.05, 4.69) is 4.90 Å². The Morgan fingerprint density at radius 3 is 2.29 bits per heavy atom. The van der Waals surface area contributed by atoms with Crippen molar-refractivity contribution in [3.05, 3.63) is 0 Å². The molecule has 1 N–H and O–H groups in total. The first-order valence-corrected chi connectivity index (χ1v) is 9.34. The van der Waals surface area contributed by atoms with E-state index in [0.29, 0.717) is 45.3 Å². The van der Waals surface area contributed by atoms with Crippen LogP contribution in [0.3, 0.4) is 0 Å². The highest BCUT2D eigenvalue weighted by Gasteiger charge is 2.30. The van der Waals surface area contributed by atoms with E-state index in [4.69, 9.17) is 5.11 Å². The summed E-state index contributed by atoms with van der Waals surface area (Å²) in [6, 6.07) is 0.415. The van der Waals surface area contributed by atoms with Crippen molar-refractivity contribution in [3.63, 3.8) is 0 Å². The fourth-order valence-corrected chi connectivity index (χ4v) is 3.64. The monoisotopic (exact) mass is 319 g/mol. The van der Waals surface area contributed by atoms with Gasteiger partial charge in [-0.25, -0.2) is 8.42 Å². The molecule has 0 aromatic carbocycles. The highest BCUT2D eigenvalue weighted by Crippen LogP contribution is 2.24. The molecule has 2 fully saturated rings. The van der Waals surface area contributed by atoms with Gasteiger partial charge >= 0.3 is 0 Å². The zero-order chi connectivity index (χ0) is 15.5. The first kappa shape index (κ1) is 16.7. The predicted molar refractivity (Wildman–Crippen MR) is 79.3 cm³/mol. The summed E-state index contributed by atoms with van der Waals surface area (Å²) < 4.78 is 24.3. The SMILES string of the molecule is CS(=O)(=O)N1CCN(C(=O)CN(CCO)C2CCC2)CC1. The van der Waals surface area contributed by atoms with Crippen molar-refractivity contribution in [2.45, 2.75) is 25.3 Å². The Morgan fingerprint density at radius 1 is 1.24 bits per heavy atom. The number of amides is 1. The first-order valence-electron chi connectivity index (χ1n) is 7.49. The van der Waals surface area contributed by atoms with Crippen molar-refractivity contribution in [1.82, 2.24) is 14.1 Å². The molecule has 0 atom stereocenters. The van der Waals surface area contributed by atoms with E-state index in [9.17, 15) is 13.2 Å². The van der Waals surface area contributed by atoms with Crippen LogP contribution in [0.4, 0.5) is 0 Å². The van der Waals surface area contributed by atoms with Crippen LogP contribution in [0, 0.1) is 0 Å². The second-order valence-corrected chi connectivity index (χ2v) is 7.80. The van der Waals surface area contributed by atoms with Crippen LogP contribution in [0.15, 0.2) is 0 Å². The zero-order valence-corrected chi connectivity index (χ0v) is 13.4. The molecule has 1 amide bonds. The topological polar surface area (TPSA) is 81.2 Å². The quantitative estimate of drug-likeness (QED) is 0.675. The van der Waals surface area contributed by atoms with Gasteiger partial charge in [0.05, 0.1) is 19.4 Å². The smallest absolute Gasteiger partial charge is 0.236 e. The van der Waals surface area contributed by atoms with Crippen LogP contribution < -0.4 is 0 Å². The highest BCUT2D eigenvalue weighted by atomic mass is 32.2. The minimum Gasteiger partial charge on any atom is -0.395 e. The number of nitrogens with zero attached hydrogens (tertiary/aromatic N) is 3. The molecular weight excluding hydrogens is 294 g/mol. The van der Waals surface area contributed by atoms with E-state index in [1.165, 1.54) is 17.0 Å². The molecule has 1 heterocycles. The molecule has 0 aromatic rings. The summed E-state index contributed by atoms with van der Waals surface area (Å²) in [7, 11) is -3.16. The van der Waals surface area contributed by atoms with E-state index in [1.54, 1.807) is 4.90 Å². The Hall–Kier alpha value is -0.700. The molecule has 1 saturated heterocycles. The third-order valence-corrected chi connectivity index (χ3v) is 5.68. The molecule has 7 nitrogen and oxygen atoms in total. The van der Waals surface area contributed by atoms with Crippen molar-refractivity contribution >= 4 is 15.9 Å². The number of rotatable bonds is 6. The Labute approximate surface area is 126 Å². The van der Waals surface area contributed by atoms with Crippen LogP contribution in [-0.4, -0.2) is 91.7 Å². The van der Waals surface area contributed by atoms with E-state index in [0.717, 1.165) is 12.8 Å². The maximum atomic E-state index is 12.3. The Balaban J connectivity index is 1.83. The van der Waals surface area contributed by atoms with Gasteiger partial charge in [-0.2, -0.15) is 4.31 Å². The molecule has 2 rings (SSSR count). The van der Waals surface area contributed by atoms with Gasteiger partial charge in [-0.05, 0) is 12.8 Å². The number of hydrogen-bond donors (Lipinski definition) is 1. The van der Waals surface area contributed by atoms with Crippen molar-refractivity contribution in [1.29, 1.82) is 0 Å². The Morgan fingerprint density at radius 2 is 1.86 bits per heavy atom. The summed E-state index contributed by atoms with van der Waals surface area (Å²) in [5, 5.41) is 9.11. The second kappa shape index (κ2) is 7.04. The maximum absolute atomic E-state index is 12.3. The molecule has 1 saturated carbocycles. The predicted octanol–water partition coefficient (Wildman–Crippen LogP) is -1.06. The highest BCUT2D eigenvalue weighted by molar-refractivity contribution is 7.88. The number of aliphatic hydroxyl groups excluding tert-OH is 1. The van der Waals surface area contributed by atoms with Crippen molar-refractivity contribution < 1.29 is 18.3 Å². The lowest BCUT2D eigenvalue weighted by molar-refractivity contribution is -0.134. The summed E-state index contributed by atoms with van der Waals surface area (Å²) in [6.45, 7) is 2.55. The van der Waals surface area contributed by atoms with Crippen LogP contribution in [-0.2, 0) is 14.8 Å². The number of aliphatic hydroxyl groups is 1. The van der Waals surface area contributed by atoms with Gasteiger partial charge < -0.3 is 10.0 Å². The number of sulfonamides is 1. The largest absolute Gasteiger partial charge is 0.395 e. The minimum atomic E-state index is -3.16. The van der Waals surface area contributed by atoms with E-state index < -0.39 is 10.0 Å². The summed E-state index contributed by atoms with van der Waals surface area (Å²) in [6.07, 6.45) is 4.57. The van der Waals surface area contributed by atoms with Gasteiger partial charge in [0.1, 0.15) is 0 Å². The molecule has 21 heavy (non-hydrogen) atoms. The summed E-state index contributed by atoms with van der Waals surface area (Å²) in [5.74, 6) is 0.0310. The molecule has 8 heteroatoms. The number of carbonyl (C=O) groups excluding carboxylic acids is 1. The summed E-state index contributed by atoms with van der Waals surface area (Å²) in [5.41, 5.74) is 0. The number of hydrogen-bond acceptors (Lipinski definition) is 5. The van der Waals surface area contributed by atoms with Crippen LogP contribution in [0.1, 0.15) is 19.3 Å². The van der Waals surface area contributed by atoms with E-state index in [1.807, 2.05) is 0 Å². The number of carbonyl (C=O) groups is 1. The average Bonchev–Trinajstić information content (AvgIpc) is 2.36. The van der Waals surface area contributed by atoms with Crippen LogP contribution in [0.25, 0.3) is 0 Å². The van der Waals surface area contributed by atoms with Gasteiger partial charge in [0, 0.05) is 38.8 Å². The average molecular weight is 319 g/mol. The molecule has 1 aliphatic carbocycles. The van der Waals surface area contributed by atoms with Crippen molar-refractivity contribution in [2.24, 2.45) is 0 Å². The van der Waals surface area contributed by atoms with Gasteiger partial charge in [0.25, 0.3) is 0 Å². The van der Waals surface area contributed by atoms with Crippen LogP contribution in [0.2, 0.25) is 0 Å². The van der Waals surface area contributed by atoms with Gasteiger partial charge in [-0.15, -0.1) is 0 Å². The molecule has 0 aromatic heterocycles. The first-order chi connectivity index (χ1) is 9.91. The Kier molecular flexibility index (Phi) is 5.59. The second-order valence-electron chi connectivity index (χ2n) is 5.82. The summed E-state index contributed by atoms with van der Waals surface area (Å²) >= 11 is 0. The molecular formula is C13H25N3O4S. The van der Waals surface area contributed by atoms with Gasteiger partial charge in [-0.3, -0.25) is 9.69 Å². The number of piperazine rings is 1. The molecule has 0 unspecified atom stereocenters. The summed E-state index contributed by atoms with van der Waals surface area (Å²) in [4.78, 5) is 16.1. The van der Waals surface area contributed by atoms with Crippen molar-refractivity contribution in [2.75, 3.05) is 52.1 Å². The molecule has 0 radical (unpaired) electrons. The van der Waals surface area contributed by atoms with Gasteiger partial charge in [0.2, 0.25) is 15.9 Å². The lowest BCUT2D eigenvalue weighted by Crippen LogP contribution is -2.54. The molecule has 0 bridgehead atoms. The Bertz CT molecular complexity index is 456. The third-order valence-electron chi connectivity index (χ3n) is 4.38. The maximum Gasteiger partial charge on any atom is 0.236 e. The van der Waals surface area contributed by atoms with Gasteiger partial charge in [0.15, 0.2) is 0 Å². The lowest BCUT2D eigenvalue weighted by atomic mass is 9.91. The lowest BCUT2D eigenvalue weighted by Gasteiger charge is -2.39. The van der Waals surface area contributed by atoms with Crippen molar-refractivity contribution in [3.8, 4) is 0 Å². The van der Waals surface area contributed by atoms with Crippen LogP contribution >= 0.6 is 0 Å². The van der Waals surface area contributed by atoms with Gasteiger partial charge in [-0.1, -0.05) is 6.42 Å². The minimum absolute atomic E-state index is 0.0310. The van der Waals surface area contributed by atoms with E-state index >= 15 is 0 Å².